The number of thioether (sulfide) groups is 1. The maximum absolute atomic E-state index is 11.9. The molecule has 0 radical (unpaired) electrons. The number of hydrogen-bond acceptors (Lipinski definition) is 5. The molecule has 1 fully saturated rings. The van der Waals surface area contributed by atoms with Crippen LogP contribution in [-0.2, 0) is 4.79 Å². The summed E-state index contributed by atoms with van der Waals surface area (Å²) in [6.45, 7) is 1.60. The second-order valence-corrected chi connectivity index (χ2v) is 6.94. The molecule has 2 aromatic rings. The summed E-state index contributed by atoms with van der Waals surface area (Å²) in [4.78, 5) is 14.1. The zero-order chi connectivity index (χ0) is 16.8. The lowest BCUT2D eigenvalue weighted by molar-refractivity contribution is -0.118. The van der Waals surface area contributed by atoms with E-state index in [0.29, 0.717) is 18.3 Å². The van der Waals surface area contributed by atoms with Crippen molar-refractivity contribution in [2.75, 3.05) is 30.8 Å². The highest BCUT2D eigenvalue weighted by Crippen LogP contribution is 2.37. The van der Waals surface area contributed by atoms with Gasteiger partial charge in [-0.3, -0.25) is 4.79 Å². The SMILES string of the molecule is CN(CCCNC(=O)CSc1nncn1C1CC1)c1ccccc1. The van der Waals surface area contributed by atoms with Crippen molar-refractivity contribution in [3.63, 3.8) is 0 Å². The molecule has 6 nitrogen and oxygen atoms in total. The van der Waals surface area contributed by atoms with Crippen molar-refractivity contribution in [1.82, 2.24) is 20.1 Å². The molecule has 0 aliphatic heterocycles. The van der Waals surface area contributed by atoms with E-state index in [1.54, 1.807) is 6.33 Å². The predicted molar refractivity (Wildman–Crippen MR) is 96.4 cm³/mol. The Hall–Kier alpha value is -2.02. The van der Waals surface area contributed by atoms with Gasteiger partial charge in [0.1, 0.15) is 6.33 Å². The van der Waals surface area contributed by atoms with Gasteiger partial charge in [-0.15, -0.1) is 10.2 Å². The van der Waals surface area contributed by atoms with Crippen molar-refractivity contribution in [3.05, 3.63) is 36.7 Å². The van der Waals surface area contributed by atoms with Gasteiger partial charge >= 0.3 is 0 Å². The Morgan fingerprint density at radius 2 is 2.17 bits per heavy atom. The van der Waals surface area contributed by atoms with E-state index in [4.69, 9.17) is 0 Å². The second-order valence-electron chi connectivity index (χ2n) is 6.00. The number of nitrogens with one attached hydrogen (secondary N) is 1. The Kier molecular flexibility index (Phi) is 5.74. The van der Waals surface area contributed by atoms with Gasteiger partial charge < -0.3 is 14.8 Å². The fraction of sp³-hybridized carbons (Fsp3) is 0.471. The van der Waals surface area contributed by atoms with E-state index in [1.165, 1.54) is 30.3 Å². The highest BCUT2D eigenvalue weighted by molar-refractivity contribution is 7.99. The van der Waals surface area contributed by atoms with Crippen LogP contribution < -0.4 is 10.2 Å². The summed E-state index contributed by atoms with van der Waals surface area (Å²) in [5, 5.41) is 11.8. The van der Waals surface area contributed by atoms with Crippen LogP contribution in [-0.4, -0.2) is 46.6 Å². The van der Waals surface area contributed by atoms with Gasteiger partial charge in [-0.1, -0.05) is 30.0 Å². The highest BCUT2D eigenvalue weighted by atomic mass is 32.2. The van der Waals surface area contributed by atoms with Crippen LogP contribution in [0.3, 0.4) is 0 Å². The van der Waals surface area contributed by atoms with E-state index in [2.05, 4.69) is 44.2 Å². The first-order chi connectivity index (χ1) is 11.7. The number of carbonyl (C=O) groups excluding carboxylic acids is 1. The molecule has 1 amide bonds. The van der Waals surface area contributed by atoms with Crippen LogP contribution in [0.4, 0.5) is 5.69 Å². The monoisotopic (exact) mass is 345 g/mol. The number of carbonyl (C=O) groups is 1. The summed E-state index contributed by atoms with van der Waals surface area (Å²) in [5.74, 6) is 0.438. The lowest BCUT2D eigenvalue weighted by Crippen LogP contribution is -2.29. The maximum atomic E-state index is 11.9. The van der Waals surface area contributed by atoms with Crippen LogP contribution >= 0.6 is 11.8 Å². The molecule has 0 unspecified atom stereocenters. The average Bonchev–Trinajstić information content (AvgIpc) is 3.35. The number of nitrogens with zero attached hydrogens (tertiary/aromatic N) is 4. The number of benzene rings is 1. The Bertz CT molecular complexity index is 656. The molecule has 7 heteroatoms. The Labute approximate surface area is 146 Å². The molecular weight excluding hydrogens is 322 g/mol. The molecule has 1 N–H and O–H groups in total. The van der Waals surface area contributed by atoms with Crippen LogP contribution in [0.5, 0.6) is 0 Å². The summed E-state index contributed by atoms with van der Waals surface area (Å²) in [5.41, 5.74) is 1.19. The first-order valence-electron chi connectivity index (χ1n) is 8.29. The zero-order valence-electron chi connectivity index (χ0n) is 13.9. The zero-order valence-corrected chi connectivity index (χ0v) is 14.7. The number of anilines is 1. The molecule has 0 spiro atoms. The summed E-state index contributed by atoms with van der Waals surface area (Å²) in [6, 6.07) is 10.8. The molecule has 1 aromatic carbocycles. The highest BCUT2D eigenvalue weighted by Gasteiger charge is 2.26. The van der Waals surface area contributed by atoms with Gasteiger partial charge in [0.2, 0.25) is 5.91 Å². The fourth-order valence-electron chi connectivity index (χ4n) is 2.48. The molecule has 3 rings (SSSR count). The standard InChI is InChI=1S/C17H23N5OS/c1-21(14-6-3-2-4-7-14)11-5-10-18-16(23)12-24-17-20-19-13-22(17)15-8-9-15/h2-4,6-7,13,15H,5,8-12H2,1H3,(H,18,23). The summed E-state index contributed by atoms with van der Waals surface area (Å²) in [7, 11) is 2.07. The Balaban J connectivity index is 1.32. The second kappa shape index (κ2) is 8.19. The number of hydrogen-bond donors (Lipinski definition) is 1. The van der Waals surface area contributed by atoms with E-state index >= 15 is 0 Å². The van der Waals surface area contributed by atoms with Crippen molar-refractivity contribution >= 4 is 23.4 Å². The number of aromatic nitrogens is 3. The molecule has 1 aromatic heterocycles. The molecule has 0 bridgehead atoms. The normalized spacial score (nSPS) is 13.7. The molecular formula is C17H23N5OS. The largest absolute Gasteiger partial charge is 0.375 e. The van der Waals surface area contributed by atoms with Gasteiger partial charge in [0.25, 0.3) is 0 Å². The van der Waals surface area contributed by atoms with Crippen LogP contribution in [0.25, 0.3) is 0 Å². The van der Waals surface area contributed by atoms with Crippen LogP contribution in [0.15, 0.2) is 41.8 Å². The van der Waals surface area contributed by atoms with Crippen molar-refractivity contribution < 1.29 is 4.79 Å². The summed E-state index contributed by atoms with van der Waals surface area (Å²) < 4.78 is 2.08. The molecule has 0 atom stereocenters. The lowest BCUT2D eigenvalue weighted by atomic mass is 10.3. The summed E-state index contributed by atoms with van der Waals surface area (Å²) in [6.07, 6.45) is 5.05. The third-order valence-corrected chi connectivity index (χ3v) is 4.96. The predicted octanol–water partition coefficient (Wildman–Crippen LogP) is 2.35. The third-order valence-electron chi connectivity index (χ3n) is 4.00. The first-order valence-corrected chi connectivity index (χ1v) is 9.28. The van der Waals surface area contributed by atoms with E-state index in [9.17, 15) is 4.79 Å². The summed E-state index contributed by atoms with van der Waals surface area (Å²) >= 11 is 1.46. The van der Waals surface area contributed by atoms with E-state index in [-0.39, 0.29) is 5.91 Å². The molecule has 1 saturated carbocycles. The molecule has 1 heterocycles. The van der Waals surface area contributed by atoms with Gasteiger partial charge in [0.05, 0.1) is 5.75 Å². The molecule has 1 aliphatic carbocycles. The van der Waals surface area contributed by atoms with Gasteiger partial charge in [-0.2, -0.15) is 0 Å². The van der Waals surface area contributed by atoms with Crippen LogP contribution in [0.2, 0.25) is 0 Å². The van der Waals surface area contributed by atoms with E-state index < -0.39 is 0 Å². The topological polar surface area (TPSA) is 63.1 Å². The minimum absolute atomic E-state index is 0.0488. The first kappa shape index (κ1) is 16.8. The number of amides is 1. The average molecular weight is 345 g/mol. The van der Waals surface area contributed by atoms with Crippen molar-refractivity contribution in [2.45, 2.75) is 30.5 Å². The quantitative estimate of drug-likeness (QED) is 0.558. The maximum Gasteiger partial charge on any atom is 0.230 e. The van der Waals surface area contributed by atoms with Crippen molar-refractivity contribution in [3.8, 4) is 0 Å². The van der Waals surface area contributed by atoms with Gasteiger partial charge in [-0.25, -0.2) is 0 Å². The molecule has 24 heavy (non-hydrogen) atoms. The number of para-hydroxylation sites is 1. The van der Waals surface area contributed by atoms with Gasteiger partial charge in [0.15, 0.2) is 5.16 Å². The van der Waals surface area contributed by atoms with E-state index in [0.717, 1.165) is 18.1 Å². The van der Waals surface area contributed by atoms with Crippen molar-refractivity contribution in [2.24, 2.45) is 0 Å². The molecule has 1 aliphatic rings. The van der Waals surface area contributed by atoms with E-state index in [1.807, 2.05) is 18.2 Å². The van der Waals surface area contributed by atoms with Crippen LogP contribution in [0, 0.1) is 0 Å². The molecule has 128 valence electrons. The van der Waals surface area contributed by atoms with Gasteiger partial charge in [-0.05, 0) is 31.4 Å². The molecule has 0 saturated heterocycles. The third kappa shape index (κ3) is 4.74. The minimum atomic E-state index is 0.0488. The Morgan fingerprint density at radius 1 is 1.38 bits per heavy atom. The van der Waals surface area contributed by atoms with Crippen molar-refractivity contribution in [1.29, 1.82) is 0 Å². The number of rotatable bonds is 9. The minimum Gasteiger partial charge on any atom is -0.375 e. The lowest BCUT2D eigenvalue weighted by Gasteiger charge is -2.19. The Morgan fingerprint density at radius 3 is 2.92 bits per heavy atom. The fourth-order valence-corrected chi connectivity index (χ4v) is 3.29. The van der Waals surface area contributed by atoms with Crippen LogP contribution in [0.1, 0.15) is 25.3 Å². The van der Waals surface area contributed by atoms with Gasteiger partial charge in [0, 0.05) is 31.9 Å². The smallest absolute Gasteiger partial charge is 0.230 e.